The Balaban J connectivity index is 2.10. The van der Waals surface area contributed by atoms with Crippen LogP contribution >= 0.6 is 0 Å². The number of halogens is 4. The molecule has 0 radical (unpaired) electrons. The van der Waals surface area contributed by atoms with Crippen LogP contribution in [0.2, 0.25) is 0 Å². The van der Waals surface area contributed by atoms with Gasteiger partial charge >= 0.3 is 6.18 Å². The summed E-state index contributed by atoms with van der Waals surface area (Å²) in [5.74, 6) is -0.900. The molecular weight excluding hydrogens is 306 g/mol. The number of pyridine rings is 1. The van der Waals surface area contributed by atoms with Gasteiger partial charge in [-0.05, 0) is 36.1 Å². The molecule has 1 nitrogen and oxygen atoms in total. The van der Waals surface area contributed by atoms with Gasteiger partial charge in [0.05, 0.1) is 11.3 Å². The zero-order chi connectivity index (χ0) is 16.6. The van der Waals surface area contributed by atoms with E-state index in [4.69, 9.17) is 0 Å². The minimum atomic E-state index is -4.60. The second kappa shape index (κ2) is 5.65. The zero-order valence-corrected chi connectivity index (χ0v) is 12.3. The van der Waals surface area contributed by atoms with Crippen molar-refractivity contribution in [2.75, 3.05) is 0 Å². The molecule has 0 atom stereocenters. The van der Waals surface area contributed by atoms with Crippen LogP contribution in [0.4, 0.5) is 17.6 Å². The monoisotopic (exact) mass is 319 g/mol. The highest BCUT2D eigenvalue weighted by molar-refractivity contribution is 5.85. The van der Waals surface area contributed by atoms with Crippen LogP contribution in [0.3, 0.4) is 0 Å². The van der Waals surface area contributed by atoms with Crippen molar-refractivity contribution >= 4 is 10.8 Å². The Morgan fingerprint density at radius 2 is 1.78 bits per heavy atom. The third-order valence-electron chi connectivity index (χ3n) is 3.74. The molecule has 23 heavy (non-hydrogen) atoms. The number of alkyl halides is 3. The highest BCUT2D eigenvalue weighted by Gasteiger charge is 2.33. The number of benzene rings is 2. The minimum absolute atomic E-state index is 0.00444. The van der Waals surface area contributed by atoms with Crippen LogP contribution in [0, 0.1) is 12.7 Å². The van der Waals surface area contributed by atoms with Crippen molar-refractivity contribution in [1.29, 1.82) is 0 Å². The lowest BCUT2D eigenvalue weighted by molar-refractivity contribution is -0.138. The summed E-state index contributed by atoms with van der Waals surface area (Å²) in [7, 11) is 0. The molecule has 0 saturated heterocycles. The molecule has 0 bridgehead atoms. The zero-order valence-electron chi connectivity index (χ0n) is 12.3. The van der Waals surface area contributed by atoms with E-state index < -0.39 is 17.6 Å². The number of aromatic nitrogens is 1. The largest absolute Gasteiger partial charge is 0.416 e. The van der Waals surface area contributed by atoms with Gasteiger partial charge in [0, 0.05) is 18.0 Å². The summed E-state index contributed by atoms with van der Waals surface area (Å²) < 4.78 is 52.5. The second-order valence-corrected chi connectivity index (χ2v) is 5.46. The Morgan fingerprint density at radius 3 is 2.52 bits per heavy atom. The molecule has 0 spiro atoms. The molecule has 0 aliphatic carbocycles. The van der Waals surface area contributed by atoms with Crippen LogP contribution in [0.1, 0.15) is 22.4 Å². The van der Waals surface area contributed by atoms with Gasteiger partial charge in [0.25, 0.3) is 0 Å². The van der Waals surface area contributed by atoms with Gasteiger partial charge in [-0.2, -0.15) is 13.2 Å². The first-order valence-electron chi connectivity index (χ1n) is 7.04. The van der Waals surface area contributed by atoms with Gasteiger partial charge in [0.1, 0.15) is 5.82 Å². The average molecular weight is 319 g/mol. The van der Waals surface area contributed by atoms with E-state index in [0.29, 0.717) is 11.8 Å². The molecule has 1 aromatic heterocycles. The highest BCUT2D eigenvalue weighted by atomic mass is 19.4. The van der Waals surface area contributed by atoms with E-state index in [2.05, 4.69) is 4.98 Å². The molecule has 3 aromatic rings. The molecule has 5 heteroatoms. The van der Waals surface area contributed by atoms with Crippen LogP contribution in [-0.4, -0.2) is 4.98 Å². The summed E-state index contributed by atoms with van der Waals surface area (Å²) in [5, 5.41) is 1.72. The van der Waals surface area contributed by atoms with Crippen LogP contribution in [-0.2, 0) is 12.6 Å². The van der Waals surface area contributed by atoms with Gasteiger partial charge in [0.2, 0.25) is 0 Å². The van der Waals surface area contributed by atoms with Crippen molar-refractivity contribution in [2.24, 2.45) is 0 Å². The molecule has 0 unspecified atom stereocenters. The van der Waals surface area contributed by atoms with E-state index in [1.807, 2.05) is 31.2 Å². The predicted octanol–water partition coefficient (Wildman–Crippen LogP) is 5.29. The number of fused-ring (bicyclic) bond motifs is 1. The van der Waals surface area contributed by atoms with Gasteiger partial charge < -0.3 is 0 Å². The van der Waals surface area contributed by atoms with Crippen molar-refractivity contribution in [2.45, 2.75) is 19.5 Å². The van der Waals surface area contributed by atoms with Gasteiger partial charge in [-0.1, -0.05) is 29.8 Å². The molecule has 0 N–H and O–H groups in total. The maximum absolute atomic E-state index is 13.2. The normalized spacial score (nSPS) is 11.9. The van der Waals surface area contributed by atoms with Gasteiger partial charge in [-0.15, -0.1) is 0 Å². The van der Waals surface area contributed by atoms with E-state index in [9.17, 15) is 17.6 Å². The summed E-state index contributed by atoms with van der Waals surface area (Å²) in [6, 6.07) is 10.3. The van der Waals surface area contributed by atoms with E-state index in [-0.39, 0.29) is 12.0 Å². The van der Waals surface area contributed by atoms with Gasteiger partial charge in [-0.25, -0.2) is 4.39 Å². The van der Waals surface area contributed by atoms with E-state index in [1.165, 1.54) is 6.07 Å². The summed E-state index contributed by atoms with van der Waals surface area (Å²) in [6.45, 7) is 1.95. The smallest absolute Gasteiger partial charge is 0.260 e. The second-order valence-electron chi connectivity index (χ2n) is 5.46. The summed E-state index contributed by atoms with van der Waals surface area (Å²) in [5.41, 5.74) is 0.662. The van der Waals surface area contributed by atoms with Crippen LogP contribution < -0.4 is 0 Å². The summed E-state index contributed by atoms with van der Waals surface area (Å²) in [4.78, 5) is 4.22. The molecule has 3 rings (SSSR count). The van der Waals surface area contributed by atoms with Crippen molar-refractivity contribution in [1.82, 2.24) is 4.98 Å². The lowest BCUT2D eigenvalue weighted by atomic mass is 9.98. The lowest BCUT2D eigenvalue weighted by Gasteiger charge is -2.13. The first-order chi connectivity index (χ1) is 10.8. The SMILES string of the molecule is Cc1ccc2c(Cc3ccc(F)cc3C(F)(F)F)nccc2c1. The number of hydrogen-bond acceptors (Lipinski definition) is 1. The topological polar surface area (TPSA) is 12.9 Å². The Hall–Kier alpha value is -2.43. The van der Waals surface area contributed by atoms with E-state index >= 15 is 0 Å². The van der Waals surface area contributed by atoms with Crippen molar-refractivity contribution in [3.05, 3.63) is 76.9 Å². The molecule has 2 aromatic carbocycles. The van der Waals surface area contributed by atoms with Crippen LogP contribution in [0.25, 0.3) is 10.8 Å². The van der Waals surface area contributed by atoms with E-state index in [0.717, 1.165) is 22.4 Å². The number of nitrogens with zero attached hydrogens (tertiary/aromatic N) is 1. The third-order valence-corrected chi connectivity index (χ3v) is 3.74. The maximum atomic E-state index is 13.2. The van der Waals surface area contributed by atoms with Crippen LogP contribution in [0.15, 0.2) is 48.7 Å². The molecule has 0 saturated carbocycles. The molecule has 118 valence electrons. The van der Waals surface area contributed by atoms with Gasteiger partial charge in [-0.3, -0.25) is 4.98 Å². The molecule has 0 aliphatic heterocycles. The number of rotatable bonds is 2. The van der Waals surface area contributed by atoms with Crippen molar-refractivity contribution in [3.63, 3.8) is 0 Å². The lowest BCUT2D eigenvalue weighted by Crippen LogP contribution is -2.10. The van der Waals surface area contributed by atoms with Gasteiger partial charge in [0.15, 0.2) is 0 Å². The van der Waals surface area contributed by atoms with Crippen molar-refractivity contribution in [3.8, 4) is 0 Å². The Bertz CT molecular complexity index is 869. The van der Waals surface area contributed by atoms with Crippen LogP contribution in [0.5, 0.6) is 0 Å². The quantitative estimate of drug-likeness (QED) is 0.585. The Labute approximate surface area is 130 Å². The summed E-state index contributed by atoms with van der Waals surface area (Å²) >= 11 is 0. The molecule has 1 heterocycles. The Morgan fingerprint density at radius 1 is 1.00 bits per heavy atom. The fourth-order valence-corrected chi connectivity index (χ4v) is 2.65. The molecule has 0 aliphatic rings. The number of aryl methyl sites for hydroxylation is 1. The fourth-order valence-electron chi connectivity index (χ4n) is 2.65. The first kappa shape index (κ1) is 15.5. The molecular formula is C18H13F4N. The van der Waals surface area contributed by atoms with Crippen molar-refractivity contribution < 1.29 is 17.6 Å². The molecule has 0 amide bonds. The third kappa shape index (κ3) is 3.18. The standard InChI is InChI=1S/C18H13F4N/c1-11-2-5-15-12(8-11)6-7-23-17(15)9-13-3-4-14(19)10-16(13)18(20,21)22/h2-8,10H,9H2,1H3. The minimum Gasteiger partial charge on any atom is -0.260 e. The maximum Gasteiger partial charge on any atom is 0.416 e. The molecule has 0 fully saturated rings. The number of hydrogen-bond donors (Lipinski definition) is 0. The average Bonchev–Trinajstić information content (AvgIpc) is 2.48. The fraction of sp³-hybridized carbons (Fsp3) is 0.167. The highest BCUT2D eigenvalue weighted by Crippen LogP contribution is 2.34. The van der Waals surface area contributed by atoms with E-state index in [1.54, 1.807) is 6.20 Å². The predicted molar refractivity (Wildman–Crippen MR) is 80.7 cm³/mol. The summed E-state index contributed by atoms with van der Waals surface area (Å²) in [6.07, 6.45) is -3.03. The first-order valence-corrected chi connectivity index (χ1v) is 7.04. The Kier molecular flexibility index (Phi) is 3.80.